The van der Waals surface area contributed by atoms with Crippen LogP contribution in [0.1, 0.15) is 10.4 Å². The van der Waals surface area contributed by atoms with E-state index in [1.165, 1.54) is 63.8 Å². The Bertz CT molecular complexity index is 1180. The van der Waals surface area contributed by atoms with Gasteiger partial charge in [0, 0.05) is 17.3 Å². The fourth-order valence-corrected chi connectivity index (χ4v) is 3.90. The number of anilines is 2. The van der Waals surface area contributed by atoms with Crippen molar-refractivity contribution in [3.8, 4) is 17.2 Å². The molecule has 3 aromatic rings. The molecule has 8 nitrogen and oxygen atoms in total. The van der Waals surface area contributed by atoms with Crippen LogP contribution in [0.4, 0.5) is 11.4 Å². The lowest BCUT2D eigenvalue weighted by molar-refractivity contribution is 0.102. The number of sulfonamides is 1. The van der Waals surface area contributed by atoms with Gasteiger partial charge < -0.3 is 19.5 Å². The number of rotatable bonds is 8. The first-order valence-electron chi connectivity index (χ1n) is 9.17. The van der Waals surface area contributed by atoms with Gasteiger partial charge >= 0.3 is 0 Å². The number of hydrogen-bond donors (Lipinski definition) is 2. The van der Waals surface area contributed by atoms with Gasteiger partial charge in [-0.25, -0.2) is 8.42 Å². The van der Waals surface area contributed by atoms with Crippen LogP contribution < -0.4 is 24.2 Å². The SMILES string of the molecule is COc1ccccc1NC(=O)c1ccc(NS(=O)(=O)c2ccc(OC)c(OC)c2)cc1. The van der Waals surface area contributed by atoms with Gasteiger partial charge in [0.15, 0.2) is 11.5 Å². The Morgan fingerprint density at radius 3 is 2.06 bits per heavy atom. The Morgan fingerprint density at radius 2 is 1.42 bits per heavy atom. The molecule has 0 heterocycles. The van der Waals surface area contributed by atoms with Crippen LogP contribution in [0.25, 0.3) is 0 Å². The van der Waals surface area contributed by atoms with Crippen LogP contribution in [-0.4, -0.2) is 35.7 Å². The highest BCUT2D eigenvalue weighted by molar-refractivity contribution is 7.92. The number of carbonyl (C=O) groups excluding carboxylic acids is 1. The number of amides is 1. The average Bonchev–Trinajstić information content (AvgIpc) is 2.79. The van der Waals surface area contributed by atoms with Crippen LogP contribution in [0, 0.1) is 0 Å². The van der Waals surface area contributed by atoms with Crippen molar-refractivity contribution in [3.05, 3.63) is 72.3 Å². The fourth-order valence-electron chi connectivity index (χ4n) is 2.83. The number of carbonyl (C=O) groups is 1. The van der Waals surface area contributed by atoms with Gasteiger partial charge in [-0.15, -0.1) is 0 Å². The smallest absolute Gasteiger partial charge is 0.262 e. The monoisotopic (exact) mass is 442 g/mol. The van der Waals surface area contributed by atoms with E-state index in [1.807, 2.05) is 0 Å². The van der Waals surface area contributed by atoms with Gasteiger partial charge in [0.2, 0.25) is 0 Å². The second kappa shape index (κ2) is 9.40. The Labute approximate surface area is 180 Å². The third-order valence-electron chi connectivity index (χ3n) is 4.42. The molecule has 0 fully saturated rings. The highest BCUT2D eigenvalue weighted by Crippen LogP contribution is 2.30. The van der Waals surface area contributed by atoms with Crippen molar-refractivity contribution in [1.29, 1.82) is 0 Å². The van der Waals surface area contributed by atoms with Gasteiger partial charge in [-0.05, 0) is 48.5 Å². The molecule has 0 spiro atoms. The van der Waals surface area contributed by atoms with E-state index in [9.17, 15) is 13.2 Å². The lowest BCUT2D eigenvalue weighted by Gasteiger charge is -2.12. The second-order valence-electron chi connectivity index (χ2n) is 6.35. The van der Waals surface area contributed by atoms with Crippen LogP contribution in [0.5, 0.6) is 17.2 Å². The normalized spacial score (nSPS) is 10.8. The van der Waals surface area contributed by atoms with Gasteiger partial charge in [-0.1, -0.05) is 12.1 Å². The molecular weight excluding hydrogens is 420 g/mol. The number of nitrogens with one attached hydrogen (secondary N) is 2. The first kappa shape index (κ1) is 22.0. The summed E-state index contributed by atoms with van der Waals surface area (Å²) in [5.74, 6) is 0.912. The predicted molar refractivity (Wildman–Crippen MR) is 118 cm³/mol. The highest BCUT2D eigenvalue weighted by Gasteiger charge is 2.18. The van der Waals surface area contributed by atoms with Crippen molar-refractivity contribution in [1.82, 2.24) is 0 Å². The van der Waals surface area contributed by atoms with E-state index in [0.717, 1.165) is 0 Å². The third kappa shape index (κ3) is 5.07. The molecular formula is C22H22N2O6S. The lowest BCUT2D eigenvalue weighted by Crippen LogP contribution is -2.14. The minimum atomic E-state index is -3.86. The van der Waals surface area contributed by atoms with Crippen molar-refractivity contribution >= 4 is 27.3 Å². The first-order valence-corrected chi connectivity index (χ1v) is 10.7. The molecule has 0 atom stereocenters. The van der Waals surface area contributed by atoms with Crippen LogP contribution in [0.15, 0.2) is 71.6 Å². The maximum atomic E-state index is 12.7. The molecule has 0 unspecified atom stereocenters. The summed E-state index contributed by atoms with van der Waals surface area (Å²) >= 11 is 0. The Hall–Kier alpha value is -3.72. The van der Waals surface area contributed by atoms with Crippen molar-refractivity contribution in [3.63, 3.8) is 0 Å². The van der Waals surface area contributed by atoms with E-state index in [2.05, 4.69) is 10.0 Å². The summed E-state index contributed by atoms with van der Waals surface area (Å²) in [5.41, 5.74) is 1.21. The maximum absolute atomic E-state index is 12.7. The summed E-state index contributed by atoms with van der Waals surface area (Å²) in [5, 5.41) is 2.77. The standard InChI is InChI=1S/C22H22N2O6S/c1-28-19-7-5-4-6-18(19)23-22(25)15-8-10-16(11-9-15)24-31(26,27)17-12-13-20(29-2)21(14-17)30-3/h4-14,24H,1-3H3,(H,23,25). The Balaban J connectivity index is 1.75. The summed E-state index contributed by atoms with van der Waals surface area (Å²) in [4.78, 5) is 12.5. The van der Waals surface area contributed by atoms with Crippen molar-refractivity contribution in [2.75, 3.05) is 31.4 Å². The van der Waals surface area contributed by atoms with Crippen molar-refractivity contribution < 1.29 is 27.4 Å². The van der Waals surface area contributed by atoms with Crippen LogP contribution >= 0.6 is 0 Å². The molecule has 9 heteroatoms. The molecule has 162 valence electrons. The van der Waals surface area contributed by atoms with E-state index in [-0.39, 0.29) is 10.8 Å². The quantitative estimate of drug-likeness (QED) is 0.551. The number of ether oxygens (including phenoxy) is 3. The molecule has 0 aliphatic carbocycles. The van der Waals surface area contributed by atoms with E-state index in [4.69, 9.17) is 14.2 Å². The Kier molecular flexibility index (Phi) is 6.66. The summed E-state index contributed by atoms with van der Waals surface area (Å²) in [6.07, 6.45) is 0. The number of methoxy groups -OCH3 is 3. The summed E-state index contributed by atoms with van der Waals surface area (Å²) in [6, 6.07) is 17.4. The third-order valence-corrected chi connectivity index (χ3v) is 5.80. The van der Waals surface area contributed by atoms with Gasteiger partial charge in [0.1, 0.15) is 5.75 Å². The second-order valence-corrected chi connectivity index (χ2v) is 8.04. The Morgan fingerprint density at radius 1 is 0.774 bits per heavy atom. The minimum Gasteiger partial charge on any atom is -0.495 e. The molecule has 1 amide bonds. The molecule has 0 radical (unpaired) electrons. The molecule has 0 bridgehead atoms. The molecule has 3 rings (SSSR count). The van der Waals surface area contributed by atoms with Gasteiger partial charge in [0.25, 0.3) is 15.9 Å². The molecule has 3 aromatic carbocycles. The van der Waals surface area contributed by atoms with E-state index >= 15 is 0 Å². The molecule has 0 saturated heterocycles. The largest absolute Gasteiger partial charge is 0.495 e. The van der Waals surface area contributed by atoms with Gasteiger partial charge in [-0.2, -0.15) is 0 Å². The molecule has 0 aliphatic heterocycles. The number of hydrogen-bond acceptors (Lipinski definition) is 6. The summed E-state index contributed by atoms with van der Waals surface area (Å²) in [6.45, 7) is 0. The zero-order valence-electron chi connectivity index (χ0n) is 17.2. The molecule has 0 aromatic heterocycles. The fraction of sp³-hybridized carbons (Fsp3) is 0.136. The minimum absolute atomic E-state index is 0.0168. The van der Waals surface area contributed by atoms with Gasteiger partial charge in [-0.3, -0.25) is 9.52 Å². The van der Waals surface area contributed by atoms with Gasteiger partial charge in [0.05, 0.1) is 31.9 Å². The van der Waals surface area contributed by atoms with Crippen LogP contribution in [0.3, 0.4) is 0 Å². The maximum Gasteiger partial charge on any atom is 0.262 e. The summed E-state index contributed by atoms with van der Waals surface area (Å²) < 4.78 is 43.4. The average molecular weight is 442 g/mol. The molecule has 0 saturated carbocycles. The van der Waals surface area contributed by atoms with Crippen molar-refractivity contribution in [2.45, 2.75) is 4.90 Å². The van der Waals surface area contributed by atoms with Crippen LogP contribution in [-0.2, 0) is 10.0 Å². The van der Waals surface area contributed by atoms with E-state index in [0.29, 0.717) is 34.2 Å². The molecule has 0 aliphatic rings. The van der Waals surface area contributed by atoms with Crippen LogP contribution in [0.2, 0.25) is 0 Å². The number of benzene rings is 3. The van der Waals surface area contributed by atoms with E-state index < -0.39 is 10.0 Å². The predicted octanol–water partition coefficient (Wildman–Crippen LogP) is 3.77. The van der Waals surface area contributed by atoms with Crippen molar-refractivity contribution in [2.24, 2.45) is 0 Å². The molecule has 31 heavy (non-hydrogen) atoms. The zero-order chi connectivity index (χ0) is 22.4. The topological polar surface area (TPSA) is 103 Å². The lowest BCUT2D eigenvalue weighted by atomic mass is 10.2. The zero-order valence-corrected chi connectivity index (χ0v) is 18.0. The highest BCUT2D eigenvalue weighted by atomic mass is 32.2. The summed E-state index contributed by atoms with van der Waals surface area (Å²) in [7, 11) is 0.549. The van der Waals surface area contributed by atoms with E-state index in [1.54, 1.807) is 24.3 Å². The first-order chi connectivity index (χ1) is 14.9. The number of para-hydroxylation sites is 2. The molecule has 2 N–H and O–H groups in total.